The second-order valence-electron chi connectivity index (χ2n) is 8.30. The Morgan fingerprint density at radius 1 is 0.889 bits per heavy atom. The first-order valence-corrected chi connectivity index (χ1v) is 11.7. The maximum atomic E-state index is 12.2. The molecule has 1 aliphatic rings. The van der Waals surface area contributed by atoms with Gasteiger partial charge < -0.3 is 29.9 Å². The van der Waals surface area contributed by atoms with E-state index in [0.29, 0.717) is 40.9 Å². The lowest BCUT2D eigenvalue weighted by Crippen LogP contribution is -2.54. The van der Waals surface area contributed by atoms with Gasteiger partial charge >= 0.3 is 12.0 Å². The molecule has 5 rings (SSSR count). The number of anilines is 3. The minimum absolute atomic E-state index is 0.0432. The summed E-state index contributed by atoms with van der Waals surface area (Å²) in [6.45, 7) is 1.25. The van der Waals surface area contributed by atoms with Crippen LogP contribution in [0.3, 0.4) is 0 Å². The summed E-state index contributed by atoms with van der Waals surface area (Å²) >= 11 is 6.08. The number of ether oxygens (including phenoxy) is 1. The van der Waals surface area contributed by atoms with E-state index in [1.165, 1.54) is 0 Å². The van der Waals surface area contributed by atoms with E-state index < -0.39 is 12.0 Å². The highest BCUT2D eigenvalue weighted by Crippen LogP contribution is 2.33. The number of para-hydroxylation sites is 2. The van der Waals surface area contributed by atoms with Crippen LogP contribution in [-0.4, -0.2) is 40.9 Å². The van der Waals surface area contributed by atoms with E-state index >= 15 is 0 Å². The fourth-order valence-electron chi connectivity index (χ4n) is 4.08. The number of carbonyl (C=O) groups is 2. The number of carboxylic acid groups (broad SMARTS) is 1. The summed E-state index contributed by atoms with van der Waals surface area (Å²) in [5.74, 6) is -0.287. The van der Waals surface area contributed by atoms with Crippen LogP contribution in [0.2, 0.25) is 5.02 Å². The molecular weight excluding hydrogens is 480 g/mol. The highest BCUT2D eigenvalue weighted by molar-refractivity contribution is 6.33. The number of halogens is 1. The molecule has 2 heterocycles. The molecule has 1 fully saturated rings. The average molecular weight is 503 g/mol. The van der Waals surface area contributed by atoms with E-state index in [2.05, 4.69) is 15.5 Å². The Hall–Kier alpha value is -4.43. The number of hydrogen-bond donors (Lipinski definition) is 3. The average Bonchev–Trinajstić information content (AvgIpc) is 3.38. The Balaban J connectivity index is 1.19. The van der Waals surface area contributed by atoms with E-state index in [0.717, 1.165) is 5.69 Å². The van der Waals surface area contributed by atoms with Crippen molar-refractivity contribution in [2.45, 2.75) is 6.10 Å². The normalized spacial score (nSPS) is 13.1. The zero-order valence-corrected chi connectivity index (χ0v) is 19.9. The molecule has 0 saturated carbocycles. The van der Waals surface area contributed by atoms with Crippen molar-refractivity contribution >= 4 is 40.7 Å². The van der Waals surface area contributed by atoms with Crippen LogP contribution in [0.4, 0.5) is 21.9 Å². The van der Waals surface area contributed by atoms with Gasteiger partial charge in [0.05, 0.1) is 40.7 Å². The molecule has 2 amide bonds. The smallest absolute Gasteiger partial charge is 0.337 e. The molecule has 1 saturated heterocycles. The molecular formula is C27H23ClN4O4. The molecule has 4 aromatic rings. The zero-order chi connectivity index (χ0) is 25.1. The maximum Gasteiger partial charge on any atom is 0.337 e. The lowest BCUT2D eigenvalue weighted by molar-refractivity contribution is 0.0697. The van der Waals surface area contributed by atoms with Crippen molar-refractivity contribution in [3.8, 4) is 11.4 Å². The lowest BCUT2D eigenvalue weighted by Gasteiger charge is -2.41. The van der Waals surface area contributed by atoms with Crippen LogP contribution in [0.15, 0.2) is 91.3 Å². The molecule has 1 aliphatic heterocycles. The van der Waals surface area contributed by atoms with Crippen molar-refractivity contribution in [3.63, 3.8) is 0 Å². The number of benzene rings is 3. The first-order chi connectivity index (χ1) is 17.5. The molecule has 0 unspecified atom stereocenters. The largest absolute Gasteiger partial charge is 0.487 e. The third kappa shape index (κ3) is 4.99. The molecule has 1 aromatic heterocycles. The number of amides is 2. The highest BCUT2D eigenvalue weighted by atomic mass is 35.5. The Labute approximate surface area is 212 Å². The predicted molar refractivity (Wildman–Crippen MR) is 140 cm³/mol. The first kappa shape index (κ1) is 23.3. The van der Waals surface area contributed by atoms with Gasteiger partial charge in [-0.15, -0.1) is 0 Å². The number of nitrogens with one attached hydrogen (secondary N) is 2. The fourth-order valence-corrected chi connectivity index (χ4v) is 4.26. The number of hydrogen-bond acceptors (Lipinski definition) is 4. The van der Waals surface area contributed by atoms with Crippen molar-refractivity contribution in [2.75, 3.05) is 28.6 Å². The molecule has 182 valence electrons. The number of aromatic carboxylic acids is 1. The van der Waals surface area contributed by atoms with Crippen LogP contribution in [0.25, 0.3) is 5.69 Å². The molecule has 0 radical (unpaired) electrons. The second-order valence-corrected chi connectivity index (χ2v) is 8.70. The van der Waals surface area contributed by atoms with Gasteiger partial charge in [0.25, 0.3) is 0 Å². The summed E-state index contributed by atoms with van der Waals surface area (Å²) in [7, 11) is 0. The number of rotatable bonds is 7. The Bertz CT molecular complexity index is 1380. The number of carboxylic acids is 1. The Morgan fingerprint density at radius 2 is 1.61 bits per heavy atom. The van der Waals surface area contributed by atoms with Crippen LogP contribution < -0.4 is 20.3 Å². The molecule has 8 nitrogen and oxygen atoms in total. The number of nitrogens with zero attached hydrogens (tertiary/aromatic N) is 2. The SMILES string of the molecule is O=C(Nc1ccc(OC2CN(c3cccc(C(=O)O)c3-n3cccc3)C2)cc1)Nc1ccccc1Cl. The van der Waals surface area contributed by atoms with Crippen molar-refractivity contribution in [1.29, 1.82) is 0 Å². The molecule has 9 heteroatoms. The van der Waals surface area contributed by atoms with Crippen molar-refractivity contribution in [3.05, 3.63) is 102 Å². The van der Waals surface area contributed by atoms with Crippen molar-refractivity contribution in [1.82, 2.24) is 4.57 Å². The Kier molecular flexibility index (Phi) is 6.51. The van der Waals surface area contributed by atoms with Crippen LogP contribution in [0.5, 0.6) is 5.75 Å². The lowest BCUT2D eigenvalue weighted by atomic mass is 10.1. The predicted octanol–water partition coefficient (Wildman–Crippen LogP) is 5.74. The zero-order valence-electron chi connectivity index (χ0n) is 19.1. The molecule has 0 atom stereocenters. The topological polar surface area (TPSA) is 95.8 Å². The minimum atomic E-state index is -0.969. The van der Waals surface area contributed by atoms with Gasteiger partial charge in [-0.2, -0.15) is 0 Å². The minimum Gasteiger partial charge on any atom is -0.487 e. The van der Waals surface area contributed by atoms with Crippen LogP contribution >= 0.6 is 11.6 Å². The van der Waals surface area contributed by atoms with E-state index in [9.17, 15) is 14.7 Å². The quantitative estimate of drug-likeness (QED) is 0.299. The van der Waals surface area contributed by atoms with E-state index in [-0.39, 0.29) is 11.7 Å². The second kappa shape index (κ2) is 10.1. The van der Waals surface area contributed by atoms with Gasteiger partial charge in [0.15, 0.2) is 0 Å². The van der Waals surface area contributed by atoms with E-state index in [1.54, 1.807) is 60.7 Å². The molecule has 3 N–H and O–H groups in total. The van der Waals surface area contributed by atoms with Crippen LogP contribution in [0.1, 0.15) is 10.4 Å². The van der Waals surface area contributed by atoms with Crippen LogP contribution in [0, 0.1) is 0 Å². The van der Waals surface area contributed by atoms with E-state index in [1.807, 2.05) is 35.2 Å². The number of aromatic nitrogens is 1. The highest BCUT2D eigenvalue weighted by Gasteiger charge is 2.31. The first-order valence-electron chi connectivity index (χ1n) is 11.3. The van der Waals surface area contributed by atoms with Gasteiger partial charge in [-0.25, -0.2) is 9.59 Å². The van der Waals surface area contributed by atoms with Gasteiger partial charge in [0, 0.05) is 18.1 Å². The van der Waals surface area contributed by atoms with Gasteiger partial charge in [0.2, 0.25) is 0 Å². The van der Waals surface area contributed by atoms with Gasteiger partial charge in [-0.3, -0.25) is 0 Å². The molecule has 3 aromatic carbocycles. The Morgan fingerprint density at radius 3 is 2.31 bits per heavy atom. The third-order valence-electron chi connectivity index (χ3n) is 5.83. The van der Waals surface area contributed by atoms with Crippen molar-refractivity contribution < 1.29 is 19.4 Å². The molecule has 0 bridgehead atoms. The van der Waals surface area contributed by atoms with Gasteiger partial charge in [-0.05, 0) is 60.7 Å². The number of urea groups is 1. The van der Waals surface area contributed by atoms with Crippen molar-refractivity contribution in [2.24, 2.45) is 0 Å². The maximum absolute atomic E-state index is 12.2. The molecule has 0 spiro atoms. The summed E-state index contributed by atoms with van der Waals surface area (Å²) < 4.78 is 7.89. The summed E-state index contributed by atoms with van der Waals surface area (Å²) in [4.78, 5) is 26.2. The summed E-state index contributed by atoms with van der Waals surface area (Å²) in [5, 5.41) is 15.6. The number of carbonyl (C=O) groups excluding carboxylic acids is 1. The molecule has 0 aliphatic carbocycles. The van der Waals surface area contributed by atoms with Gasteiger partial charge in [0.1, 0.15) is 11.9 Å². The van der Waals surface area contributed by atoms with Gasteiger partial charge in [-0.1, -0.05) is 29.8 Å². The van der Waals surface area contributed by atoms with E-state index in [4.69, 9.17) is 16.3 Å². The summed E-state index contributed by atoms with van der Waals surface area (Å²) in [6.07, 6.45) is 3.63. The summed E-state index contributed by atoms with van der Waals surface area (Å²) in [6, 6.07) is 22.7. The van der Waals surface area contributed by atoms with Crippen LogP contribution in [-0.2, 0) is 0 Å². The summed E-state index contributed by atoms with van der Waals surface area (Å²) in [5.41, 5.74) is 2.87. The standard InChI is InChI=1S/C27H23ClN4O4/c28-22-7-1-2-8-23(22)30-27(35)29-18-10-12-19(13-11-18)36-20-16-32(17-20)24-9-5-6-21(26(33)34)25(24)31-14-3-4-15-31/h1-15,20H,16-17H2,(H,33,34)(H2,29,30,35). The monoisotopic (exact) mass is 502 g/mol. The fraction of sp³-hybridized carbons (Fsp3) is 0.111. The molecule has 36 heavy (non-hydrogen) atoms. The third-order valence-corrected chi connectivity index (χ3v) is 6.16.